The fourth-order valence-corrected chi connectivity index (χ4v) is 4.23. The first kappa shape index (κ1) is 20.7. The maximum atomic E-state index is 13.6. The van der Waals surface area contributed by atoms with Crippen molar-refractivity contribution in [3.63, 3.8) is 0 Å². The van der Waals surface area contributed by atoms with Gasteiger partial charge in [0.25, 0.3) is 5.91 Å². The molecule has 2 atom stereocenters. The van der Waals surface area contributed by atoms with E-state index in [0.717, 1.165) is 0 Å². The van der Waals surface area contributed by atoms with Crippen molar-refractivity contribution in [3.8, 4) is 5.75 Å². The minimum atomic E-state index is -1.36. The summed E-state index contributed by atoms with van der Waals surface area (Å²) >= 11 is 0. The molecule has 2 unspecified atom stereocenters. The van der Waals surface area contributed by atoms with Crippen LogP contribution in [0, 0.1) is 11.7 Å². The number of halogens is 1. The second-order valence-electron chi connectivity index (χ2n) is 7.70. The molecule has 33 heavy (non-hydrogen) atoms. The minimum absolute atomic E-state index is 0.0165. The number of hydrogen-bond donors (Lipinski definition) is 0. The average Bonchev–Trinajstić information content (AvgIpc) is 3.54. The van der Waals surface area contributed by atoms with Crippen LogP contribution in [-0.2, 0) is 16.1 Å². The third kappa shape index (κ3) is 3.49. The van der Waals surface area contributed by atoms with Crippen LogP contribution in [0.5, 0.6) is 5.75 Å². The molecule has 0 radical (unpaired) electrons. The van der Waals surface area contributed by atoms with Crippen LogP contribution >= 0.6 is 0 Å². The van der Waals surface area contributed by atoms with Crippen LogP contribution in [0.15, 0.2) is 75.8 Å². The van der Waals surface area contributed by atoms with Crippen molar-refractivity contribution in [2.24, 2.45) is 5.92 Å². The molecule has 1 aliphatic rings. The van der Waals surface area contributed by atoms with Gasteiger partial charge in [-0.05, 0) is 42.0 Å². The van der Waals surface area contributed by atoms with Crippen molar-refractivity contribution < 1.29 is 32.3 Å². The lowest BCUT2D eigenvalue weighted by molar-refractivity contribution is -0.141. The molecule has 0 saturated carbocycles. The summed E-state index contributed by atoms with van der Waals surface area (Å²) in [6.45, 7) is -0.0165. The Bertz CT molecular complexity index is 1360. The Kier molecular flexibility index (Phi) is 5.05. The number of amides is 1. The molecule has 166 valence electrons. The Labute approximate surface area is 187 Å². The van der Waals surface area contributed by atoms with Gasteiger partial charge >= 0.3 is 0 Å². The Morgan fingerprint density at radius 1 is 1.09 bits per heavy atom. The summed E-state index contributed by atoms with van der Waals surface area (Å²) in [5.41, 5.74) is 0.820. The van der Waals surface area contributed by atoms with Crippen molar-refractivity contribution in [3.05, 3.63) is 89.8 Å². The van der Waals surface area contributed by atoms with E-state index in [1.54, 1.807) is 30.3 Å². The van der Waals surface area contributed by atoms with Gasteiger partial charge in [0.1, 0.15) is 17.5 Å². The first-order valence-corrected chi connectivity index (χ1v) is 10.2. The number of furan rings is 2. The Hall–Kier alpha value is -4.20. The number of carbonyl (C=O) groups excluding carboxylic acids is 3. The van der Waals surface area contributed by atoms with E-state index in [-0.39, 0.29) is 12.3 Å². The summed E-state index contributed by atoms with van der Waals surface area (Å²) in [6.07, 6.45) is 1.45. The van der Waals surface area contributed by atoms with E-state index in [9.17, 15) is 18.8 Å². The fourth-order valence-electron chi connectivity index (χ4n) is 4.23. The highest BCUT2D eigenvalue weighted by atomic mass is 19.1. The van der Waals surface area contributed by atoms with Gasteiger partial charge < -0.3 is 18.5 Å². The Morgan fingerprint density at radius 2 is 1.88 bits per heavy atom. The van der Waals surface area contributed by atoms with Gasteiger partial charge in [-0.3, -0.25) is 14.4 Å². The third-order valence-corrected chi connectivity index (χ3v) is 5.78. The molecule has 1 amide bonds. The molecule has 3 heterocycles. The second-order valence-corrected chi connectivity index (χ2v) is 7.70. The van der Waals surface area contributed by atoms with E-state index in [1.807, 2.05) is 0 Å². The van der Waals surface area contributed by atoms with Crippen LogP contribution in [0.1, 0.15) is 27.9 Å². The van der Waals surface area contributed by atoms with Crippen molar-refractivity contribution in [1.82, 2.24) is 4.90 Å². The predicted molar refractivity (Wildman–Crippen MR) is 114 cm³/mol. The van der Waals surface area contributed by atoms with E-state index >= 15 is 0 Å². The summed E-state index contributed by atoms with van der Waals surface area (Å²) in [5, 5.41) is 0.625. The molecule has 8 heteroatoms. The first-order valence-electron chi connectivity index (χ1n) is 10.2. The lowest BCUT2D eigenvalue weighted by atomic mass is 9.88. The number of likely N-dealkylation sites (tertiary alicyclic amines) is 1. The van der Waals surface area contributed by atoms with Gasteiger partial charge in [0.15, 0.2) is 17.1 Å². The number of methoxy groups -OCH3 is 1. The van der Waals surface area contributed by atoms with Gasteiger partial charge in [-0.2, -0.15) is 0 Å². The van der Waals surface area contributed by atoms with Crippen molar-refractivity contribution >= 4 is 28.4 Å². The zero-order valence-corrected chi connectivity index (χ0v) is 17.5. The quantitative estimate of drug-likeness (QED) is 0.248. The molecule has 0 N–H and O–H groups in total. The maximum absolute atomic E-state index is 13.6. The lowest BCUT2D eigenvalue weighted by Gasteiger charge is -2.26. The topological polar surface area (TPSA) is 90.0 Å². The normalized spacial score (nSPS) is 18.3. The molecule has 1 fully saturated rings. The minimum Gasteiger partial charge on any atom is -0.493 e. The highest BCUT2D eigenvalue weighted by molar-refractivity contribution is 6.43. The van der Waals surface area contributed by atoms with E-state index < -0.39 is 35.3 Å². The molecule has 0 spiro atoms. The van der Waals surface area contributed by atoms with Gasteiger partial charge in [0, 0.05) is 5.39 Å². The monoisotopic (exact) mass is 447 g/mol. The number of nitrogens with zero attached hydrogens (tertiary/aromatic N) is 1. The molecule has 7 nitrogen and oxygen atoms in total. The van der Waals surface area contributed by atoms with Gasteiger partial charge in [0.2, 0.25) is 11.6 Å². The largest absolute Gasteiger partial charge is 0.493 e. The number of ether oxygens (including phenoxy) is 1. The maximum Gasteiger partial charge on any atom is 0.291 e. The zero-order chi connectivity index (χ0) is 23.1. The Morgan fingerprint density at radius 3 is 2.58 bits per heavy atom. The van der Waals surface area contributed by atoms with Crippen LogP contribution in [0.2, 0.25) is 0 Å². The number of ketones is 2. The molecule has 5 rings (SSSR count). The number of para-hydroxylation sites is 1. The molecule has 1 saturated heterocycles. The van der Waals surface area contributed by atoms with Crippen LogP contribution < -0.4 is 4.74 Å². The molecular formula is C25H18FNO6. The van der Waals surface area contributed by atoms with E-state index in [2.05, 4.69) is 0 Å². The molecule has 1 aliphatic heterocycles. The van der Waals surface area contributed by atoms with Crippen molar-refractivity contribution in [2.75, 3.05) is 7.11 Å². The van der Waals surface area contributed by atoms with Crippen molar-refractivity contribution in [1.29, 1.82) is 0 Å². The van der Waals surface area contributed by atoms with Gasteiger partial charge in [-0.1, -0.05) is 24.3 Å². The highest BCUT2D eigenvalue weighted by Crippen LogP contribution is 2.40. The molecular weight excluding hydrogens is 429 g/mol. The standard InChI is InChI=1S/C25H18FNO6/c1-31-18-6-2-4-15-12-19(33-24(15)18)22(28)20-21(14-7-9-16(26)10-8-14)27(25(30)23(20)29)13-17-5-3-11-32-17/h2-12,20-21H,13H2,1H3. The summed E-state index contributed by atoms with van der Waals surface area (Å²) in [5.74, 6) is -3.31. The number of rotatable bonds is 6. The molecule has 0 bridgehead atoms. The molecule has 0 aliphatic carbocycles. The number of carbonyl (C=O) groups is 3. The third-order valence-electron chi connectivity index (χ3n) is 5.78. The number of benzene rings is 2. The van der Waals surface area contributed by atoms with Gasteiger partial charge in [-0.15, -0.1) is 0 Å². The predicted octanol–water partition coefficient (Wildman–Crippen LogP) is 4.33. The second kappa shape index (κ2) is 8.05. The molecule has 4 aromatic rings. The molecule has 2 aromatic carbocycles. The summed E-state index contributed by atoms with van der Waals surface area (Å²) < 4.78 is 30.0. The average molecular weight is 447 g/mol. The highest BCUT2D eigenvalue weighted by Gasteiger charge is 2.52. The summed E-state index contributed by atoms with van der Waals surface area (Å²) in [4.78, 5) is 40.8. The SMILES string of the molecule is COc1cccc2cc(C(=O)C3C(=O)C(=O)N(Cc4ccco4)C3c3ccc(F)cc3)oc12. The van der Waals surface area contributed by atoms with Crippen LogP contribution in [0.4, 0.5) is 4.39 Å². The zero-order valence-electron chi connectivity index (χ0n) is 17.5. The fraction of sp³-hybridized carbons (Fsp3) is 0.160. The summed E-state index contributed by atoms with van der Waals surface area (Å²) in [6, 6.07) is 14.5. The van der Waals surface area contributed by atoms with Gasteiger partial charge in [0.05, 0.1) is 26.0 Å². The number of Topliss-reactive ketones (excluding diaryl/α,β-unsaturated/α-hetero) is 2. The van der Waals surface area contributed by atoms with E-state index in [4.69, 9.17) is 13.6 Å². The number of hydrogen-bond acceptors (Lipinski definition) is 6. The van der Waals surface area contributed by atoms with Gasteiger partial charge in [-0.25, -0.2) is 4.39 Å². The van der Waals surface area contributed by atoms with Crippen LogP contribution in [0.25, 0.3) is 11.0 Å². The number of fused-ring (bicyclic) bond motifs is 1. The van der Waals surface area contributed by atoms with E-state index in [0.29, 0.717) is 28.0 Å². The Balaban J connectivity index is 1.59. The first-order chi connectivity index (χ1) is 16.0. The van der Waals surface area contributed by atoms with Crippen molar-refractivity contribution in [2.45, 2.75) is 12.6 Å². The smallest absolute Gasteiger partial charge is 0.291 e. The van der Waals surface area contributed by atoms with E-state index in [1.165, 1.54) is 48.6 Å². The van der Waals surface area contributed by atoms with Crippen LogP contribution in [0.3, 0.4) is 0 Å². The summed E-state index contributed by atoms with van der Waals surface area (Å²) in [7, 11) is 1.48. The lowest BCUT2D eigenvalue weighted by Crippen LogP contribution is -2.30. The molecule has 2 aromatic heterocycles. The van der Waals surface area contributed by atoms with Crippen LogP contribution in [-0.4, -0.2) is 29.5 Å².